The lowest BCUT2D eigenvalue weighted by molar-refractivity contribution is -0.399. The van der Waals surface area contributed by atoms with Crippen molar-refractivity contribution in [3.63, 3.8) is 0 Å². The Morgan fingerprint density at radius 3 is 1.91 bits per heavy atom. The van der Waals surface area contributed by atoms with Crippen molar-refractivity contribution >= 4 is 11.4 Å². The first kappa shape index (κ1) is 15.4. The van der Waals surface area contributed by atoms with Crippen LogP contribution in [0.2, 0.25) is 0 Å². The molecule has 2 aromatic carbocycles. The van der Waals surface area contributed by atoms with E-state index in [0.29, 0.717) is 6.07 Å². The zero-order chi connectivity index (χ0) is 16.5. The highest BCUT2D eigenvalue weighted by molar-refractivity contribution is 5.79. The SMILES string of the molecule is O=[N+]([O-])c1ccc(-c2ccccc2)c([N+](=O)[O-])c1C(F)(F)F. The van der Waals surface area contributed by atoms with Crippen LogP contribution in [0.15, 0.2) is 42.5 Å². The number of rotatable bonds is 3. The highest BCUT2D eigenvalue weighted by Gasteiger charge is 2.47. The fraction of sp³-hybridized carbons (Fsp3) is 0.0769. The molecule has 0 N–H and O–H groups in total. The maximum atomic E-state index is 13.1. The average molecular weight is 312 g/mol. The minimum atomic E-state index is -5.23. The summed E-state index contributed by atoms with van der Waals surface area (Å²) >= 11 is 0. The van der Waals surface area contributed by atoms with Gasteiger partial charge < -0.3 is 0 Å². The number of alkyl halides is 3. The summed E-state index contributed by atoms with van der Waals surface area (Å²) in [7, 11) is 0. The van der Waals surface area contributed by atoms with Gasteiger partial charge in [0.15, 0.2) is 0 Å². The molecule has 22 heavy (non-hydrogen) atoms. The predicted octanol–water partition coefficient (Wildman–Crippen LogP) is 4.19. The summed E-state index contributed by atoms with van der Waals surface area (Å²) in [6, 6.07) is 8.91. The van der Waals surface area contributed by atoms with Gasteiger partial charge in [-0.2, -0.15) is 13.2 Å². The molecule has 2 rings (SSSR count). The van der Waals surface area contributed by atoms with Gasteiger partial charge in [-0.15, -0.1) is 0 Å². The second-order valence-corrected chi connectivity index (χ2v) is 4.23. The van der Waals surface area contributed by atoms with Crippen molar-refractivity contribution in [1.29, 1.82) is 0 Å². The Labute approximate surface area is 121 Å². The molecule has 9 heteroatoms. The van der Waals surface area contributed by atoms with E-state index >= 15 is 0 Å². The maximum Gasteiger partial charge on any atom is 0.429 e. The molecule has 0 aliphatic heterocycles. The second-order valence-electron chi connectivity index (χ2n) is 4.23. The van der Waals surface area contributed by atoms with Gasteiger partial charge in [0.25, 0.3) is 11.4 Å². The predicted molar refractivity (Wildman–Crippen MR) is 70.2 cm³/mol. The third kappa shape index (κ3) is 2.73. The normalized spacial score (nSPS) is 11.2. The van der Waals surface area contributed by atoms with Gasteiger partial charge in [0.2, 0.25) is 5.56 Å². The van der Waals surface area contributed by atoms with E-state index in [0.717, 1.165) is 6.07 Å². The summed E-state index contributed by atoms with van der Waals surface area (Å²) in [5.74, 6) is 0. The molecule has 0 aliphatic carbocycles. The minimum Gasteiger partial charge on any atom is -0.258 e. The van der Waals surface area contributed by atoms with E-state index in [1.807, 2.05) is 0 Å². The lowest BCUT2D eigenvalue weighted by Crippen LogP contribution is -2.13. The van der Waals surface area contributed by atoms with E-state index in [-0.39, 0.29) is 11.1 Å². The number of benzene rings is 2. The third-order valence-electron chi connectivity index (χ3n) is 2.90. The molecule has 0 fully saturated rings. The Balaban J connectivity index is 2.89. The molecule has 0 spiro atoms. The molecule has 0 radical (unpaired) electrons. The first-order valence-electron chi connectivity index (χ1n) is 5.82. The first-order valence-corrected chi connectivity index (χ1v) is 5.82. The highest BCUT2D eigenvalue weighted by atomic mass is 19.4. The summed E-state index contributed by atoms with van der Waals surface area (Å²) in [5.41, 5.74) is -4.70. The molecule has 0 amide bonds. The van der Waals surface area contributed by atoms with E-state index in [1.165, 1.54) is 24.3 Å². The van der Waals surface area contributed by atoms with Crippen molar-refractivity contribution < 1.29 is 23.0 Å². The van der Waals surface area contributed by atoms with Crippen molar-refractivity contribution in [2.24, 2.45) is 0 Å². The Bertz CT molecular complexity index is 745. The maximum absolute atomic E-state index is 13.1. The summed E-state index contributed by atoms with van der Waals surface area (Å²) in [4.78, 5) is 19.4. The van der Waals surface area contributed by atoms with Crippen molar-refractivity contribution in [3.8, 4) is 11.1 Å². The van der Waals surface area contributed by atoms with E-state index in [2.05, 4.69) is 0 Å². The van der Waals surface area contributed by atoms with Gasteiger partial charge in [0.1, 0.15) is 0 Å². The molecule has 0 saturated carbocycles. The molecule has 0 saturated heterocycles. The lowest BCUT2D eigenvalue weighted by atomic mass is 9.98. The van der Waals surface area contributed by atoms with Crippen LogP contribution in [-0.2, 0) is 6.18 Å². The quantitative estimate of drug-likeness (QED) is 0.628. The molecule has 6 nitrogen and oxygen atoms in total. The molecule has 0 atom stereocenters. The van der Waals surface area contributed by atoms with Crippen LogP contribution in [0.1, 0.15) is 5.56 Å². The number of nitrogens with zero attached hydrogens (tertiary/aromatic N) is 2. The zero-order valence-electron chi connectivity index (χ0n) is 10.7. The average Bonchev–Trinajstić information content (AvgIpc) is 2.45. The molecule has 0 aliphatic rings. The summed E-state index contributed by atoms with van der Waals surface area (Å²) < 4.78 is 39.3. The molecule has 0 bridgehead atoms. The standard InChI is InChI=1S/C13H7F3N2O4/c14-13(15,16)11-10(17(19)20)7-6-9(12(11)18(21)22)8-4-2-1-3-5-8/h1-7H. The van der Waals surface area contributed by atoms with Crippen LogP contribution in [0, 0.1) is 20.2 Å². The molecule has 0 unspecified atom stereocenters. The molecule has 0 heterocycles. The van der Waals surface area contributed by atoms with E-state index < -0.39 is 33.0 Å². The fourth-order valence-corrected chi connectivity index (χ4v) is 2.05. The third-order valence-corrected chi connectivity index (χ3v) is 2.90. The molecule has 0 aromatic heterocycles. The van der Waals surface area contributed by atoms with Crippen molar-refractivity contribution in [1.82, 2.24) is 0 Å². The lowest BCUT2D eigenvalue weighted by Gasteiger charge is -2.11. The summed E-state index contributed by atoms with van der Waals surface area (Å²) in [6.07, 6.45) is -5.23. The highest BCUT2D eigenvalue weighted by Crippen LogP contribution is 2.46. The second kappa shape index (κ2) is 5.43. The van der Waals surface area contributed by atoms with Gasteiger partial charge in [0, 0.05) is 6.07 Å². The van der Waals surface area contributed by atoms with E-state index in [1.54, 1.807) is 6.07 Å². The van der Waals surface area contributed by atoms with Crippen molar-refractivity contribution in [3.05, 3.63) is 68.3 Å². The van der Waals surface area contributed by atoms with Crippen LogP contribution in [0.4, 0.5) is 24.5 Å². The van der Waals surface area contributed by atoms with Gasteiger partial charge in [-0.25, -0.2) is 0 Å². The van der Waals surface area contributed by atoms with Gasteiger partial charge in [-0.05, 0) is 11.6 Å². The minimum absolute atomic E-state index is 0.162. The van der Waals surface area contributed by atoms with Crippen LogP contribution in [0.3, 0.4) is 0 Å². The topological polar surface area (TPSA) is 86.3 Å². The smallest absolute Gasteiger partial charge is 0.258 e. The van der Waals surface area contributed by atoms with Gasteiger partial charge in [0.05, 0.1) is 15.4 Å². The monoisotopic (exact) mass is 312 g/mol. The Morgan fingerprint density at radius 1 is 0.864 bits per heavy atom. The van der Waals surface area contributed by atoms with Gasteiger partial charge >= 0.3 is 6.18 Å². The number of hydrogen-bond acceptors (Lipinski definition) is 4. The largest absolute Gasteiger partial charge is 0.429 e. The van der Waals surface area contributed by atoms with Crippen LogP contribution < -0.4 is 0 Å². The number of hydrogen-bond donors (Lipinski definition) is 0. The molecule has 114 valence electrons. The van der Waals surface area contributed by atoms with Crippen molar-refractivity contribution in [2.45, 2.75) is 6.18 Å². The number of halogens is 3. The van der Waals surface area contributed by atoms with Crippen LogP contribution in [-0.4, -0.2) is 9.85 Å². The fourth-order valence-electron chi connectivity index (χ4n) is 2.05. The summed E-state index contributed by atoms with van der Waals surface area (Å²) in [5, 5.41) is 21.9. The van der Waals surface area contributed by atoms with E-state index in [9.17, 15) is 33.4 Å². The Hall–Kier alpha value is -2.97. The molecular formula is C13H7F3N2O4. The summed E-state index contributed by atoms with van der Waals surface area (Å²) in [6.45, 7) is 0. The zero-order valence-corrected chi connectivity index (χ0v) is 10.7. The van der Waals surface area contributed by atoms with Gasteiger partial charge in [-0.3, -0.25) is 20.2 Å². The molecule has 2 aromatic rings. The van der Waals surface area contributed by atoms with Crippen LogP contribution >= 0.6 is 0 Å². The first-order chi connectivity index (χ1) is 10.2. The number of nitro groups is 2. The Kier molecular flexibility index (Phi) is 3.81. The molecular weight excluding hydrogens is 305 g/mol. The van der Waals surface area contributed by atoms with E-state index in [4.69, 9.17) is 0 Å². The Morgan fingerprint density at radius 2 is 1.45 bits per heavy atom. The van der Waals surface area contributed by atoms with Crippen molar-refractivity contribution in [2.75, 3.05) is 0 Å². The van der Waals surface area contributed by atoms with Gasteiger partial charge in [-0.1, -0.05) is 30.3 Å². The number of nitro benzene ring substituents is 2. The van der Waals surface area contributed by atoms with Crippen LogP contribution in [0.25, 0.3) is 11.1 Å². The van der Waals surface area contributed by atoms with Crippen LogP contribution in [0.5, 0.6) is 0 Å².